The zero-order valence-corrected chi connectivity index (χ0v) is 16.4. The monoisotopic (exact) mass is 416 g/mol. The third kappa shape index (κ3) is 4.25. The molecule has 1 N–H and O–H groups in total. The summed E-state index contributed by atoms with van der Waals surface area (Å²) in [6.45, 7) is 4.41. The number of carbonyl (C=O) groups is 2. The first kappa shape index (κ1) is 18.5. The zero-order chi connectivity index (χ0) is 18.7. The lowest BCUT2D eigenvalue weighted by molar-refractivity contribution is -0.122. The average Bonchev–Trinajstić information content (AvgIpc) is 3.03. The molecule has 1 aliphatic heterocycles. The van der Waals surface area contributed by atoms with Crippen molar-refractivity contribution in [3.8, 4) is 5.75 Å². The Bertz CT molecular complexity index is 820. The van der Waals surface area contributed by atoms with Crippen LogP contribution in [-0.4, -0.2) is 24.5 Å². The van der Waals surface area contributed by atoms with Crippen LogP contribution in [0.3, 0.4) is 0 Å². The molecule has 5 nitrogen and oxygen atoms in total. The lowest BCUT2D eigenvalue weighted by Crippen LogP contribution is -2.30. The summed E-state index contributed by atoms with van der Waals surface area (Å²) in [5, 5.41) is 2.87. The van der Waals surface area contributed by atoms with Crippen LogP contribution in [0.2, 0.25) is 0 Å². The maximum Gasteiger partial charge on any atom is 0.265 e. The van der Waals surface area contributed by atoms with Crippen LogP contribution in [0.1, 0.15) is 25.3 Å². The summed E-state index contributed by atoms with van der Waals surface area (Å²) in [5.74, 6) is 0.564. The van der Waals surface area contributed by atoms with E-state index in [-0.39, 0.29) is 11.8 Å². The van der Waals surface area contributed by atoms with Crippen molar-refractivity contribution in [1.29, 1.82) is 0 Å². The molecule has 0 aromatic heterocycles. The standard InChI is InChI=1S/C20H21BrN2O3/c1-13-12-16(7-10-18(13)23-11-3-4-19(23)24)22-20(25)14(2)26-17-8-5-15(21)6-9-17/h5-10,12,14H,3-4,11H2,1-2H3,(H,22,25). The van der Waals surface area contributed by atoms with Crippen molar-refractivity contribution in [1.82, 2.24) is 0 Å². The van der Waals surface area contributed by atoms with E-state index in [1.165, 1.54) is 0 Å². The van der Waals surface area contributed by atoms with Crippen LogP contribution in [0.25, 0.3) is 0 Å². The first-order valence-corrected chi connectivity index (χ1v) is 9.37. The Labute approximate surface area is 161 Å². The Balaban J connectivity index is 1.64. The molecule has 2 aromatic carbocycles. The van der Waals surface area contributed by atoms with Gasteiger partial charge in [0.2, 0.25) is 5.91 Å². The summed E-state index contributed by atoms with van der Waals surface area (Å²) in [6.07, 6.45) is 0.862. The molecule has 0 aliphatic carbocycles. The molecule has 2 aromatic rings. The Morgan fingerprint density at radius 2 is 1.96 bits per heavy atom. The van der Waals surface area contributed by atoms with Gasteiger partial charge in [-0.2, -0.15) is 0 Å². The number of ether oxygens (including phenoxy) is 1. The molecule has 136 valence electrons. The molecular weight excluding hydrogens is 396 g/mol. The molecule has 1 saturated heterocycles. The van der Waals surface area contributed by atoms with Gasteiger partial charge in [0.25, 0.3) is 5.91 Å². The highest BCUT2D eigenvalue weighted by atomic mass is 79.9. The van der Waals surface area contributed by atoms with Crippen molar-refractivity contribution in [2.45, 2.75) is 32.8 Å². The number of amides is 2. The van der Waals surface area contributed by atoms with E-state index < -0.39 is 6.10 Å². The van der Waals surface area contributed by atoms with Crippen LogP contribution in [0.4, 0.5) is 11.4 Å². The van der Waals surface area contributed by atoms with Crippen LogP contribution < -0.4 is 15.0 Å². The summed E-state index contributed by atoms with van der Waals surface area (Å²) >= 11 is 3.37. The zero-order valence-electron chi connectivity index (χ0n) is 14.8. The molecule has 0 bridgehead atoms. The Kier molecular flexibility index (Phi) is 5.61. The van der Waals surface area contributed by atoms with Gasteiger partial charge in [-0.3, -0.25) is 9.59 Å². The molecule has 1 heterocycles. The number of rotatable bonds is 5. The molecule has 2 amide bonds. The molecule has 26 heavy (non-hydrogen) atoms. The third-order valence-corrected chi connectivity index (χ3v) is 4.85. The van der Waals surface area contributed by atoms with Gasteiger partial charge in [0.05, 0.1) is 0 Å². The van der Waals surface area contributed by atoms with Crippen LogP contribution in [0, 0.1) is 6.92 Å². The van der Waals surface area contributed by atoms with E-state index in [2.05, 4.69) is 21.2 Å². The SMILES string of the molecule is Cc1cc(NC(=O)C(C)Oc2ccc(Br)cc2)ccc1N1CCCC1=O. The average molecular weight is 417 g/mol. The molecule has 1 atom stereocenters. The van der Waals surface area contributed by atoms with Gasteiger partial charge in [0, 0.05) is 28.8 Å². The number of hydrogen-bond donors (Lipinski definition) is 1. The molecule has 1 fully saturated rings. The predicted octanol–water partition coefficient (Wildman–Crippen LogP) is 4.29. The number of nitrogens with zero attached hydrogens (tertiary/aromatic N) is 1. The number of hydrogen-bond acceptors (Lipinski definition) is 3. The van der Waals surface area contributed by atoms with Gasteiger partial charge in [0.15, 0.2) is 6.10 Å². The lowest BCUT2D eigenvalue weighted by atomic mass is 10.1. The Hall–Kier alpha value is -2.34. The number of nitrogens with one attached hydrogen (secondary N) is 1. The van der Waals surface area contributed by atoms with Gasteiger partial charge < -0.3 is 15.0 Å². The number of benzene rings is 2. The molecule has 0 saturated carbocycles. The van der Waals surface area contributed by atoms with E-state index in [9.17, 15) is 9.59 Å². The van der Waals surface area contributed by atoms with Gasteiger partial charge in [-0.05, 0) is 68.3 Å². The Morgan fingerprint density at radius 1 is 1.23 bits per heavy atom. The molecule has 1 aliphatic rings. The van der Waals surface area contributed by atoms with Crippen molar-refractivity contribution in [3.05, 3.63) is 52.5 Å². The second-order valence-electron chi connectivity index (χ2n) is 6.35. The minimum absolute atomic E-state index is 0.154. The molecule has 0 spiro atoms. The number of aryl methyl sites for hydroxylation is 1. The smallest absolute Gasteiger partial charge is 0.265 e. The van der Waals surface area contributed by atoms with Gasteiger partial charge in [0.1, 0.15) is 5.75 Å². The molecule has 3 rings (SSSR count). The third-order valence-electron chi connectivity index (χ3n) is 4.32. The van der Waals surface area contributed by atoms with Crippen LogP contribution in [0.15, 0.2) is 46.9 Å². The maximum absolute atomic E-state index is 12.4. The number of carbonyl (C=O) groups excluding carboxylic acids is 2. The van der Waals surface area contributed by atoms with E-state index in [1.54, 1.807) is 24.0 Å². The second-order valence-corrected chi connectivity index (χ2v) is 7.27. The largest absolute Gasteiger partial charge is 0.481 e. The number of halogens is 1. The van der Waals surface area contributed by atoms with E-state index in [0.717, 1.165) is 28.7 Å². The quantitative estimate of drug-likeness (QED) is 0.790. The highest BCUT2D eigenvalue weighted by Gasteiger charge is 2.23. The first-order chi connectivity index (χ1) is 12.4. The summed E-state index contributed by atoms with van der Waals surface area (Å²) in [6, 6.07) is 12.9. The second kappa shape index (κ2) is 7.91. The summed E-state index contributed by atoms with van der Waals surface area (Å²) in [7, 11) is 0. The van der Waals surface area contributed by atoms with Gasteiger partial charge in [-0.25, -0.2) is 0 Å². The van der Waals surface area contributed by atoms with E-state index in [0.29, 0.717) is 17.9 Å². The molecule has 6 heteroatoms. The minimum Gasteiger partial charge on any atom is -0.481 e. The summed E-state index contributed by atoms with van der Waals surface area (Å²) in [4.78, 5) is 26.1. The van der Waals surface area contributed by atoms with Crippen molar-refractivity contribution in [2.24, 2.45) is 0 Å². The maximum atomic E-state index is 12.4. The van der Waals surface area contributed by atoms with E-state index in [1.807, 2.05) is 37.3 Å². The predicted molar refractivity (Wildman–Crippen MR) is 106 cm³/mol. The fourth-order valence-corrected chi connectivity index (χ4v) is 3.22. The van der Waals surface area contributed by atoms with E-state index >= 15 is 0 Å². The summed E-state index contributed by atoms with van der Waals surface area (Å²) in [5.41, 5.74) is 2.55. The van der Waals surface area contributed by atoms with Crippen LogP contribution in [0.5, 0.6) is 5.75 Å². The van der Waals surface area contributed by atoms with Crippen molar-refractivity contribution in [3.63, 3.8) is 0 Å². The van der Waals surface area contributed by atoms with Gasteiger partial charge >= 0.3 is 0 Å². The topological polar surface area (TPSA) is 58.6 Å². The molecule has 1 unspecified atom stereocenters. The highest BCUT2D eigenvalue weighted by Crippen LogP contribution is 2.27. The van der Waals surface area contributed by atoms with E-state index in [4.69, 9.17) is 4.74 Å². The Morgan fingerprint density at radius 3 is 2.58 bits per heavy atom. The van der Waals surface area contributed by atoms with Crippen molar-refractivity contribution in [2.75, 3.05) is 16.8 Å². The highest BCUT2D eigenvalue weighted by molar-refractivity contribution is 9.10. The van der Waals surface area contributed by atoms with Crippen molar-refractivity contribution < 1.29 is 14.3 Å². The normalized spacial score (nSPS) is 15.0. The van der Waals surface area contributed by atoms with Crippen molar-refractivity contribution >= 4 is 39.1 Å². The molecular formula is C20H21BrN2O3. The van der Waals surface area contributed by atoms with Crippen LogP contribution in [-0.2, 0) is 9.59 Å². The fraction of sp³-hybridized carbons (Fsp3) is 0.300. The summed E-state index contributed by atoms with van der Waals surface area (Å²) < 4.78 is 6.62. The molecule has 0 radical (unpaired) electrons. The minimum atomic E-state index is -0.628. The van der Waals surface area contributed by atoms with Gasteiger partial charge in [-0.1, -0.05) is 15.9 Å². The number of anilines is 2. The first-order valence-electron chi connectivity index (χ1n) is 8.58. The fourth-order valence-electron chi connectivity index (χ4n) is 2.95. The van der Waals surface area contributed by atoms with Crippen LogP contribution >= 0.6 is 15.9 Å². The lowest BCUT2D eigenvalue weighted by Gasteiger charge is -2.20. The van der Waals surface area contributed by atoms with Gasteiger partial charge in [-0.15, -0.1) is 0 Å².